The molecule has 0 N–H and O–H groups in total. The van der Waals surface area contributed by atoms with E-state index in [1.165, 1.54) is 19.3 Å². The first-order valence-corrected chi connectivity index (χ1v) is 3.98. The van der Waals surface area contributed by atoms with Crippen LogP contribution in [0.25, 0.3) is 4.78 Å². The van der Waals surface area contributed by atoms with Crippen molar-refractivity contribution in [2.45, 2.75) is 26.2 Å². The molecule has 0 aromatic carbocycles. The second-order valence-electron chi connectivity index (χ2n) is 2.07. The van der Waals surface area contributed by atoms with E-state index >= 15 is 0 Å². The molecule has 0 unspecified atom stereocenters. The molecule has 0 spiro atoms. The first kappa shape index (κ1) is 8.62. The molecule has 1 saturated carbocycles. The highest BCUT2D eigenvalue weighted by Gasteiger charge is 2.17. The normalized spacial score (nSPS) is 15.7. The van der Waals surface area contributed by atoms with Gasteiger partial charge in [-0.2, -0.15) is 0 Å². The highest BCUT2D eigenvalue weighted by atomic mass is 32.2. The lowest BCUT2D eigenvalue weighted by Gasteiger charge is -1.72. The van der Waals surface area contributed by atoms with Crippen LogP contribution in [0, 0.1) is 5.92 Å². The van der Waals surface area contributed by atoms with Crippen LogP contribution in [0.4, 0.5) is 0 Å². The molecule has 0 amide bonds. The van der Waals surface area contributed by atoms with Crippen LogP contribution in [0.3, 0.4) is 0 Å². The van der Waals surface area contributed by atoms with Gasteiger partial charge in [0.1, 0.15) is 10.5 Å². The summed E-state index contributed by atoms with van der Waals surface area (Å²) in [6.45, 7) is 2.26. The van der Waals surface area contributed by atoms with Crippen LogP contribution >= 0.6 is 0 Å². The Morgan fingerprint density at radius 2 is 1.89 bits per heavy atom. The zero-order valence-corrected chi connectivity index (χ0v) is 6.19. The van der Waals surface area contributed by atoms with Crippen molar-refractivity contribution in [3.63, 3.8) is 0 Å². The molecule has 0 aromatic heterocycles. The van der Waals surface area contributed by atoms with Crippen LogP contribution in [0.5, 0.6) is 0 Å². The number of hydrogen-bond donors (Lipinski definition) is 0. The van der Waals surface area contributed by atoms with Crippen LogP contribution < -0.4 is 0 Å². The minimum absolute atomic E-state index is 1.13. The van der Waals surface area contributed by atoms with Crippen molar-refractivity contribution in [2.75, 3.05) is 0 Å². The Labute approximate surface area is 56.6 Å². The Kier molecular flexibility index (Phi) is 4.30. The van der Waals surface area contributed by atoms with Crippen LogP contribution in [-0.4, -0.2) is 8.42 Å². The second-order valence-corrected chi connectivity index (χ2v) is 2.50. The van der Waals surface area contributed by atoms with Crippen molar-refractivity contribution < 1.29 is 8.42 Å². The molecule has 0 heterocycles. The zero-order chi connectivity index (χ0) is 7.28. The SMILES string of the molecule is CCC1CC1.[N-]=S(=O)=O. The number of rotatable bonds is 1. The van der Waals surface area contributed by atoms with Gasteiger partial charge in [0.05, 0.1) is 0 Å². The Bertz CT molecular complexity index is 148. The van der Waals surface area contributed by atoms with Gasteiger partial charge in [-0.15, -0.1) is 0 Å². The lowest BCUT2D eigenvalue weighted by atomic mass is 10.3. The number of nitrogens with zero attached hydrogens (tertiary/aromatic N) is 1. The Balaban J connectivity index is 0.000000148. The van der Waals surface area contributed by atoms with Gasteiger partial charge >= 0.3 is 0 Å². The van der Waals surface area contributed by atoms with E-state index in [-0.39, 0.29) is 0 Å². The molecule has 4 heteroatoms. The topological polar surface area (TPSA) is 56.4 Å². The quantitative estimate of drug-likeness (QED) is 0.564. The summed E-state index contributed by atoms with van der Waals surface area (Å²) in [5.41, 5.74) is 0. The first-order valence-electron chi connectivity index (χ1n) is 2.95. The maximum Gasteiger partial charge on any atom is 0.102 e. The standard InChI is InChI=1S/C5H10.NO2S/c1-2-5-3-4-5;1-4(2)3/h5H,2-4H2,1H3;/q;-1. The monoisotopic (exact) mass is 148 g/mol. The fourth-order valence-electron chi connectivity index (χ4n) is 0.526. The van der Waals surface area contributed by atoms with Crippen LogP contribution in [0.1, 0.15) is 26.2 Å². The minimum atomic E-state index is -2.86. The van der Waals surface area contributed by atoms with E-state index in [2.05, 4.69) is 6.92 Å². The van der Waals surface area contributed by atoms with Crippen LogP contribution in [0.15, 0.2) is 0 Å². The van der Waals surface area contributed by atoms with E-state index in [4.69, 9.17) is 13.2 Å². The molecule has 3 nitrogen and oxygen atoms in total. The van der Waals surface area contributed by atoms with E-state index in [0.29, 0.717) is 0 Å². The van der Waals surface area contributed by atoms with Gasteiger partial charge in [0.2, 0.25) is 0 Å². The van der Waals surface area contributed by atoms with Gasteiger partial charge in [0.25, 0.3) is 0 Å². The van der Waals surface area contributed by atoms with Gasteiger partial charge in [-0.1, -0.05) is 26.2 Å². The summed E-state index contributed by atoms with van der Waals surface area (Å²) in [5, 5.41) is 0. The largest absolute Gasteiger partial charge is 0.686 e. The summed E-state index contributed by atoms with van der Waals surface area (Å²) in [5.74, 6) is 1.13. The van der Waals surface area contributed by atoms with Gasteiger partial charge in [-0.25, -0.2) is 8.42 Å². The smallest absolute Gasteiger partial charge is 0.102 e. The summed E-state index contributed by atoms with van der Waals surface area (Å²) in [7, 11) is -2.86. The summed E-state index contributed by atoms with van der Waals surface area (Å²) >= 11 is 0. The third kappa shape index (κ3) is 11.3. The molecule has 1 rings (SSSR count). The molecule has 1 aliphatic rings. The van der Waals surface area contributed by atoms with E-state index in [9.17, 15) is 0 Å². The summed E-state index contributed by atoms with van der Waals surface area (Å²) in [6, 6.07) is 0. The maximum atomic E-state index is 8.56. The van der Waals surface area contributed by atoms with Gasteiger partial charge in [0, 0.05) is 0 Å². The molecule has 0 saturated heterocycles. The molecule has 0 atom stereocenters. The van der Waals surface area contributed by atoms with E-state index < -0.39 is 10.5 Å². The molecule has 1 aliphatic carbocycles. The highest BCUT2D eigenvalue weighted by molar-refractivity contribution is 7.63. The van der Waals surface area contributed by atoms with Crippen molar-refractivity contribution in [3.05, 3.63) is 4.78 Å². The average Bonchev–Trinajstić information content (AvgIpc) is 2.43. The van der Waals surface area contributed by atoms with E-state index in [1.54, 1.807) is 0 Å². The minimum Gasteiger partial charge on any atom is -0.686 e. The lowest BCUT2D eigenvalue weighted by Crippen LogP contribution is -1.59. The zero-order valence-electron chi connectivity index (χ0n) is 5.37. The lowest BCUT2D eigenvalue weighted by molar-refractivity contribution is 0.626. The molecular weight excluding hydrogens is 138 g/mol. The maximum absolute atomic E-state index is 8.56. The molecule has 54 valence electrons. The Hall–Kier alpha value is -0.380. The molecule has 0 aromatic rings. The summed E-state index contributed by atoms with van der Waals surface area (Å²) < 4.78 is 24.1. The fourth-order valence-corrected chi connectivity index (χ4v) is 0.526. The molecule has 0 aliphatic heterocycles. The van der Waals surface area contributed by atoms with E-state index in [1.807, 2.05) is 0 Å². The third-order valence-electron chi connectivity index (χ3n) is 1.27. The molecule has 1 fully saturated rings. The van der Waals surface area contributed by atoms with Crippen LogP contribution in [-0.2, 0) is 10.5 Å². The Morgan fingerprint density at radius 1 is 1.56 bits per heavy atom. The third-order valence-corrected chi connectivity index (χ3v) is 1.27. The summed E-state index contributed by atoms with van der Waals surface area (Å²) in [6.07, 6.45) is 4.44. The average molecular weight is 148 g/mol. The second kappa shape index (κ2) is 4.49. The van der Waals surface area contributed by atoms with Crippen molar-refractivity contribution in [1.82, 2.24) is 0 Å². The molecule has 0 bridgehead atoms. The van der Waals surface area contributed by atoms with Crippen molar-refractivity contribution in [3.8, 4) is 0 Å². The van der Waals surface area contributed by atoms with Crippen molar-refractivity contribution >= 4 is 10.5 Å². The van der Waals surface area contributed by atoms with E-state index in [0.717, 1.165) is 5.92 Å². The first-order chi connectivity index (χ1) is 4.16. The van der Waals surface area contributed by atoms with Gasteiger partial charge in [-0.3, -0.25) is 0 Å². The predicted octanol–water partition coefficient (Wildman–Crippen LogP) is 1.42. The predicted molar refractivity (Wildman–Crippen MR) is 35.3 cm³/mol. The molecular formula is C5H10NO2S-. The molecule has 9 heavy (non-hydrogen) atoms. The van der Waals surface area contributed by atoms with Crippen molar-refractivity contribution in [2.24, 2.45) is 5.92 Å². The van der Waals surface area contributed by atoms with Gasteiger partial charge in [0.15, 0.2) is 0 Å². The molecule has 0 radical (unpaired) electrons. The number of hydrogen-bond acceptors (Lipinski definition) is 2. The van der Waals surface area contributed by atoms with Gasteiger partial charge < -0.3 is 4.78 Å². The van der Waals surface area contributed by atoms with Crippen LogP contribution in [0.2, 0.25) is 0 Å². The van der Waals surface area contributed by atoms with Gasteiger partial charge in [-0.05, 0) is 5.92 Å². The van der Waals surface area contributed by atoms with Crippen molar-refractivity contribution in [1.29, 1.82) is 0 Å². The fraction of sp³-hybridized carbons (Fsp3) is 1.00. The Morgan fingerprint density at radius 3 is 1.89 bits per heavy atom. The highest BCUT2D eigenvalue weighted by Crippen LogP contribution is 2.31. The summed E-state index contributed by atoms with van der Waals surface area (Å²) in [4.78, 5) is 0.